The smallest absolute Gasteiger partial charge is 0.251 e. The second-order valence-electron chi connectivity index (χ2n) is 4.77. The number of nitrogens with one attached hydrogen (secondary N) is 2. The zero-order chi connectivity index (χ0) is 15.5. The molecule has 1 heterocycles. The Hall–Kier alpha value is -1.48. The average Bonchev–Trinajstić information content (AvgIpc) is 2.49. The van der Waals surface area contributed by atoms with Gasteiger partial charge in [-0.3, -0.25) is 4.79 Å². The maximum atomic E-state index is 12.3. The molecule has 7 nitrogen and oxygen atoms in total. The van der Waals surface area contributed by atoms with Crippen LogP contribution in [0, 0.1) is 0 Å². The van der Waals surface area contributed by atoms with Gasteiger partial charge in [0.05, 0.1) is 23.6 Å². The first-order valence-corrected chi connectivity index (χ1v) is 8.02. The standard InChI is InChI=1S/C13H18N2O5S/c1-14-13(17)9-3-2-4-10(7-9)21(18,19)15-11-8-20-6-5-12(11)16/h2-4,7,11-12,15-16H,5-6,8H2,1H3,(H,14,17)/t11-,12-/m1/s1. The summed E-state index contributed by atoms with van der Waals surface area (Å²) >= 11 is 0. The topological polar surface area (TPSA) is 105 Å². The molecule has 1 aliphatic rings. The van der Waals surface area contributed by atoms with E-state index in [2.05, 4.69) is 10.0 Å². The second kappa shape index (κ2) is 6.52. The quantitative estimate of drug-likeness (QED) is 0.693. The van der Waals surface area contributed by atoms with Gasteiger partial charge >= 0.3 is 0 Å². The fourth-order valence-electron chi connectivity index (χ4n) is 2.06. The summed E-state index contributed by atoms with van der Waals surface area (Å²) in [6.07, 6.45) is -0.401. The van der Waals surface area contributed by atoms with E-state index in [4.69, 9.17) is 4.74 Å². The summed E-state index contributed by atoms with van der Waals surface area (Å²) in [4.78, 5) is 11.5. The lowest BCUT2D eigenvalue weighted by atomic mass is 10.1. The molecule has 1 fully saturated rings. The zero-order valence-corrected chi connectivity index (χ0v) is 12.4. The van der Waals surface area contributed by atoms with Crippen molar-refractivity contribution in [2.24, 2.45) is 0 Å². The van der Waals surface area contributed by atoms with Crippen molar-refractivity contribution >= 4 is 15.9 Å². The van der Waals surface area contributed by atoms with Crippen molar-refractivity contribution in [3.05, 3.63) is 29.8 Å². The Morgan fingerprint density at radius 1 is 1.43 bits per heavy atom. The molecule has 0 aromatic heterocycles. The van der Waals surface area contributed by atoms with Crippen molar-refractivity contribution in [3.63, 3.8) is 0 Å². The molecule has 0 bridgehead atoms. The van der Waals surface area contributed by atoms with Crippen LogP contribution >= 0.6 is 0 Å². The van der Waals surface area contributed by atoms with Gasteiger partial charge in [-0.15, -0.1) is 0 Å². The number of amides is 1. The minimum atomic E-state index is -3.83. The normalized spacial score (nSPS) is 22.8. The van der Waals surface area contributed by atoms with Gasteiger partial charge in [-0.1, -0.05) is 6.07 Å². The number of carbonyl (C=O) groups is 1. The Kier molecular flexibility index (Phi) is 4.94. The molecule has 1 amide bonds. The molecule has 0 radical (unpaired) electrons. The molecule has 3 N–H and O–H groups in total. The molecule has 0 unspecified atom stereocenters. The highest BCUT2D eigenvalue weighted by Gasteiger charge is 2.29. The molecule has 1 aromatic rings. The molecule has 1 aromatic carbocycles. The lowest BCUT2D eigenvalue weighted by molar-refractivity contribution is -0.00841. The summed E-state index contributed by atoms with van der Waals surface area (Å²) in [6, 6.07) is 5.01. The van der Waals surface area contributed by atoms with Crippen molar-refractivity contribution in [1.29, 1.82) is 0 Å². The van der Waals surface area contributed by atoms with Gasteiger partial charge in [0.2, 0.25) is 10.0 Å². The third kappa shape index (κ3) is 3.79. The fourth-order valence-corrected chi connectivity index (χ4v) is 3.35. The van der Waals surface area contributed by atoms with Crippen LogP contribution in [-0.2, 0) is 14.8 Å². The molecule has 116 valence electrons. The third-order valence-electron chi connectivity index (χ3n) is 3.26. The number of hydrogen-bond donors (Lipinski definition) is 3. The second-order valence-corrected chi connectivity index (χ2v) is 6.48. The van der Waals surface area contributed by atoms with Crippen LogP contribution in [0.4, 0.5) is 0 Å². The van der Waals surface area contributed by atoms with E-state index in [0.29, 0.717) is 13.0 Å². The van der Waals surface area contributed by atoms with Crippen LogP contribution in [0.5, 0.6) is 0 Å². The number of carbonyl (C=O) groups excluding carboxylic acids is 1. The van der Waals surface area contributed by atoms with Crippen LogP contribution in [0.2, 0.25) is 0 Å². The Morgan fingerprint density at radius 3 is 2.86 bits per heavy atom. The number of hydrogen-bond acceptors (Lipinski definition) is 5. The fraction of sp³-hybridized carbons (Fsp3) is 0.462. The summed E-state index contributed by atoms with van der Waals surface area (Å²) in [5.74, 6) is -0.368. The van der Waals surface area contributed by atoms with E-state index in [1.54, 1.807) is 0 Å². The van der Waals surface area contributed by atoms with Crippen molar-refractivity contribution in [3.8, 4) is 0 Å². The molecule has 2 rings (SSSR count). The van der Waals surface area contributed by atoms with Crippen LogP contribution in [0.15, 0.2) is 29.2 Å². The van der Waals surface area contributed by atoms with Gasteiger partial charge in [-0.2, -0.15) is 0 Å². The van der Waals surface area contributed by atoms with E-state index in [1.165, 1.54) is 31.3 Å². The molecular weight excluding hydrogens is 296 g/mol. The van der Waals surface area contributed by atoms with Gasteiger partial charge < -0.3 is 15.2 Å². The maximum absolute atomic E-state index is 12.3. The summed E-state index contributed by atoms with van der Waals surface area (Å²) in [6.45, 7) is 0.529. The predicted octanol–water partition coefficient (Wildman–Crippen LogP) is -0.526. The van der Waals surface area contributed by atoms with E-state index < -0.39 is 22.2 Å². The molecule has 21 heavy (non-hydrogen) atoms. The first-order valence-electron chi connectivity index (χ1n) is 6.54. The summed E-state index contributed by atoms with van der Waals surface area (Å²) in [5, 5.41) is 12.2. The third-order valence-corrected chi connectivity index (χ3v) is 4.75. The van der Waals surface area contributed by atoms with E-state index in [1.807, 2.05) is 0 Å². The van der Waals surface area contributed by atoms with Crippen molar-refractivity contribution in [2.45, 2.75) is 23.5 Å². The molecular formula is C13H18N2O5S. The van der Waals surface area contributed by atoms with E-state index in [9.17, 15) is 18.3 Å². The van der Waals surface area contributed by atoms with Crippen LogP contribution < -0.4 is 10.0 Å². The molecule has 0 spiro atoms. The zero-order valence-electron chi connectivity index (χ0n) is 11.6. The summed E-state index contributed by atoms with van der Waals surface area (Å²) < 4.78 is 32.2. The van der Waals surface area contributed by atoms with E-state index in [0.717, 1.165) is 0 Å². The number of aliphatic hydroxyl groups is 1. The minimum absolute atomic E-state index is 0.0265. The van der Waals surface area contributed by atoms with Gasteiger partial charge in [0.25, 0.3) is 5.91 Å². The minimum Gasteiger partial charge on any atom is -0.391 e. The van der Waals surface area contributed by atoms with Gasteiger partial charge in [0.1, 0.15) is 0 Å². The highest BCUT2D eigenvalue weighted by atomic mass is 32.2. The van der Waals surface area contributed by atoms with Crippen molar-refractivity contribution in [1.82, 2.24) is 10.0 Å². The van der Waals surface area contributed by atoms with E-state index in [-0.39, 0.29) is 23.0 Å². The summed E-state index contributed by atoms with van der Waals surface area (Å²) in [7, 11) is -2.36. The van der Waals surface area contributed by atoms with Crippen LogP contribution in [-0.4, -0.2) is 51.8 Å². The SMILES string of the molecule is CNC(=O)c1cccc(S(=O)(=O)N[C@@H]2COCC[C@H]2O)c1. The molecule has 0 saturated carbocycles. The Balaban J connectivity index is 2.21. The lowest BCUT2D eigenvalue weighted by Gasteiger charge is -2.28. The number of benzene rings is 1. The molecule has 0 aliphatic carbocycles. The van der Waals surface area contributed by atoms with Crippen molar-refractivity contribution in [2.75, 3.05) is 20.3 Å². The Labute approximate surface area is 123 Å². The van der Waals surface area contributed by atoms with Gasteiger partial charge in [0, 0.05) is 19.2 Å². The monoisotopic (exact) mass is 314 g/mol. The average molecular weight is 314 g/mol. The van der Waals surface area contributed by atoms with Gasteiger partial charge in [0.15, 0.2) is 0 Å². The van der Waals surface area contributed by atoms with Crippen LogP contribution in [0.3, 0.4) is 0 Å². The number of rotatable bonds is 4. The predicted molar refractivity (Wildman–Crippen MR) is 75.4 cm³/mol. The molecule has 8 heteroatoms. The largest absolute Gasteiger partial charge is 0.391 e. The first kappa shape index (κ1) is 15.9. The first-order chi connectivity index (χ1) is 9.94. The molecule has 2 atom stereocenters. The maximum Gasteiger partial charge on any atom is 0.251 e. The number of aliphatic hydroxyl groups excluding tert-OH is 1. The Morgan fingerprint density at radius 2 is 2.19 bits per heavy atom. The number of sulfonamides is 1. The highest BCUT2D eigenvalue weighted by molar-refractivity contribution is 7.89. The van der Waals surface area contributed by atoms with Crippen LogP contribution in [0.25, 0.3) is 0 Å². The van der Waals surface area contributed by atoms with Crippen molar-refractivity contribution < 1.29 is 23.1 Å². The van der Waals surface area contributed by atoms with Gasteiger partial charge in [-0.25, -0.2) is 13.1 Å². The number of ether oxygens (including phenoxy) is 1. The Bertz CT molecular complexity index is 617. The highest BCUT2D eigenvalue weighted by Crippen LogP contribution is 2.15. The molecule has 1 aliphatic heterocycles. The summed E-state index contributed by atoms with van der Waals surface area (Å²) in [5.41, 5.74) is 0.251. The van der Waals surface area contributed by atoms with Crippen LogP contribution in [0.1, 0.15) is 16.8 Å². The lowest BCUT2D eigenvalue weighted by Crippen LogP contribution is -2.49. The van der Waals surface area contributed by atoms with E-state index >= 15 is 0 Å². The molecule has 1 saturated heterocycles. The van der Waals surface area contributed by atoms with Gasteiger partial charge in [-0.05, 0) is 24.6 Å².